The van der Waals surface area contributed by atoms with Gasteiger partial charge >= 0.3 is 5.97 Å². The van der Waals surface area contributed by atoms with E-state index in [1.807, 2.05) is 54.6 Å². The minimum absolute atomic E-state index is 0.0531. The van der Waals surface area contributed by atoms with Crippen LogP contribution < -0.4 is 5.32 Å². The Morgan fingerprint density at radius 2 is 1.60 bits per heavy atom. The van der Waals surface area contributed by atoms with Crippen molar-refractivity contribution in [3.63, 3.8) is 0 Å². The van der Waals surface area contributed by atoms with Crippen LogP contribution in [0.15, 0.2) is 54.6 Å². The molecule has 2 rings (SSSR count). The monoisotopic (exact) mass is 339 g/mol. The van der Waals surface area contributed by atoms with Gasteiger partial charge in [-0.2, -0.15) is 0 Å². The molecule has 0 saturated heterocycles. The van der Waals surface area contributed by atoms with Crippen molar-refractivity contribution in [1.29, 1.82) is 0 Å². The van der Waals surface area contributed by atoms with E-state index in [4.69, 9.17) is 4.74 Å². The lowest BCUT2D eigenvalue weighted by atomic mass is 9.87. The van der Waals surface area contributed by atoms with Gasteiger partial charge in [-0.1, -0.05) is 63.2 Å². The van der Waals surface area contributed by atoms with Gasteiger partial charge < -0.3 is 10.1 Å². The Morgan fingerprint density at radius 3 is 2.20 bits per heavy atom. The average Bonchev–Trinajstić information content (AvgIpc) is 2.60. The van der Waals surface area contributed by atoms with Gasteiger partial charge in [0.05, 0.1) is 6.42 Å². The van der Waals surface area contributed by atoms with Crippen LogP contribution >= 0.6 is 0 Å². The third-order valence-corrected chi connectivity index (χ3v) is 3.87. The van der Waals surface area contributed by atoms with Crippen molar-refractivity contribution >= 4 is 11.9 Å². The zero-order chi connectivity index (χ0) is 18.3. The molecule has 0 fully saturated rings. The molecule has 0 radical (unpaired) electrons. The van der Waals surface area contributed by atoms with Crippen molar-refractivity contribution < 1.29 is 14.3 Å². The van der Waals surface area contributed by atoms with Crippen molar-refractivity contribution in [2.75, 3.05) is 6.54 Å². The molecule has 2 aromatic carbocycles. The minimum atomic E-state index is -0.327. The van der Waals surface area contributed by atoms with E-state index >= 15 is 0 Å². The minimum Gasteiger partial charge on any atom is -0.461 e. The van der Waals surface area contributed by atoms with Crippen molar-refractivity contribution in [1.82, 2.24) is 5.32 Å². The summed E-state index contributed by atoms with van der Waals surface area (Å²) in [7, 11) is 0. The Kier molecular flexibility index (Phi) is 6.34. The molecule has 25 heavy (non-hydrogen) atoms. The van der Waals surface area contributed by atoms with Gasteiger partial charge in [-0.3, -0.25) is 9.59 Å². The van der Waals surface area contributed by atoms with Gasteiger partial charge in [0.2, 0.25) is 0 Å². The summed E-state index contributed by atoms with van der Waals surface area (Å²) in [5.41, 5.74) is 2.76. The summed E-state index contributed by atoms with van der Waals surface area (Å²) < 4.78 is 5.18. The molecule has 0 atom stereocenters. The van der Waals surface area contributed by atoms with E-state index < -0.39 is 0 Å². The van der Waals surface area contributed by atoms with Gasteiger partial charge in [-0.15, -0.1) is 0 Å². The molecule has 0 heterocycles. The number of esters is 1. The Labute approximate surface area is 149 Å². The molecular weight excluding hydrogens is 314 g/mol. The summed E-state index contributed by atoms with van der Waals surface area (Å²) >= 11 is 0. The van der Waals surface area contributed by atoms with Gasteiger partial charge in [-0.25, -0.2) is 0 Å². The normalized spacial score (nSPS) is 11.0. The van der Waals surface area contributed by atoms with E-state index in [1.165, 1.54) is 5.56 Å². The fraction of sp³-hybridized carbons (Fsp3) is 0.333. The topological polar surface area (TPSA) is 55.4 Å². The SMILES string of the molecule is CC(C)(C)c1ccc(C(=O)NCCC(=O)OCc2ccccc2)cc1. The van der Waals surface area contributed by atoms with Crippen LogP contribution in [0, 0.1) is 0 Å². The van der Waals surface area contributed by atoms with Crippen molar-refractivity contribution in [3.8, 4) is 0 Å². The maximum absolute atomic E-state index is 12.1. The lowest BCUT2D eigenvalue weighted by Gasteiger charge is -2.19. The Balaban J connectivity index is 1.73. The number of carbonyl (C=O) groups excluding carboxylic acids is 2. The first kappa shape index (κ1) is 18.7. The number of hydrogen-bond donors (Lipinski definition) is 1. The van der Waals surface area contributed by atoms with E-state index in [0.717, 1.165) is 5.56 Å². The first-order valence-corrected chi connectivity index (χ1v) is 8.44. The third-order valence-electron chi connectivity index (χ3n) is 3.87. The fourth-order valence-corrected chi connectivity index (χ4v) is 2.31. The zero-order valence-electron chi connectivity index (χ0n) is 15.0. The highest BCUT2D eigenvalue weighted by molar-refractivity contribution is 5.94. The molecule has 0 saturated carbocycles. The maximum Gasteiger partial charge on any atom is 0.307 e. The van der Waals surface area contributed by atoms with Crippen LogP contribution in [0.5, 0.6) is 0 Å². The average molecular weight is 339 g/mol. The number of carbonyl (C=O) groups is 2. The summed E-state index contributed by atoms with van der Waals surface area (Å²) in [6.45, 7) is 6.89. The third kappa shape index (κ3) is 6.07. The molecule has 0 unspecified atom stereocenters. The van der Waals surface area contributed by atoms with E-state index in [-0.39, 0.29) is 36.9 Å². The number of ether oxygens (including phenoxy) is 1. The molecule has 4 nitrogen and oxygen atoms in total. The summed E-state index contributed by atoms with van der Waals surface area (Å²) in [4.78, 5) is 23.8. The van der Waals surface area contributed by atoms with Gasteiger partial charge in [0.25, 0.3) is 5.91 Å². The molecule has 0 aliphatic heterocycles. The van der Waals surface area contributed by atoms with Crippen molar-refractivity contribution in [2.24, 2.45) is 0 Å². The second kappa shape index (κ2) is 8.47. The summed E-state index contributed by atoms with van der Waals surface area (Å²) in [6, 6.07) is 17.0. The molecule has 0 aliphatic rings. The largest absolute Gasteiger partial charge is 0.461 e. The highest BCUT2D eigenvalue weighted by Crippen LogP contribution is 2.22. The molecule has 0 aromatic heterocycles. The van der Waals surface area contributed by atoms with Gasteiger partial charge in [-0.05, 0) is 28.7 Å². The molecule has 0 spiro atoms. The lowest BCUT2D eigenvalue weighted by Crippen LogP contribution is -2.26. The predicted octanol–water partition coefficient (Wildman–Crippen LogP) is 3.85. The van der Waals surface area contributed by atoms with E-state index in [9.17, 15) is 9.59 Å². The number of nitrogens with one attached hydrogen (secondary N) is 1. The summed E-state index contributed by atoms with van der Waals surface area (Å²) in [5, 5.41) is 2.75. The van der Waals surface area contributed by atoms with E-state index in [0.29, 0.717) is 5.56 Å². The van der Waals surface area contributed by atoms with Crippen LogP contribution in [0.4, 0.5) is 0 Å². The molecular formula is C21H25NO3. The van der Waals surface area contributed by atoms with Crippen LogP contribution in [0.3, 0.4) is 0 Å². The quantitative estimate of drug-likeness (QED) is 0.813. The highest BCUT2D eigenvalue weighted by atomic mass is 16.5. The predicted molar refractivity (Wildman–Crippen MR) is 98.3 cm³/mol. The Bertz CT molecular complexity index is 700. The molecule has 1 N–H and O–H groups in total. The first-order chi connectivity index (χ1) is 11.9. The number of rotatable bonds is 6. The Morgan fingerprint density at radius 1 is 0.960 bits per heavy atom. The second-order valence-electron chi connectivity index (χ2n) is 6.98. The van der Waals surface area contributed by atoms with Gasteiger partial charge in [0.15, 0.2) is 0 Å². The molecule has 0 bridgehead atoms. The first-order valence-electron chi connectivity index (χ1n) is 8.44. The number of hydrogen-bond acceptors (Lipinski definition) is 3. The maximum atomic E-state index is 12.1. The lowest BCUT2D eigenvalue weighted by molar-refractivity contribution is -0.144. The highest BCUT2D eigenvalue weighted by Gasteiger charge is 2.14. The van der Waals surface area contributed by atoms with Crippen molar-refractivity contribution in [3.05, 3.63) is 71.3 Å². The van der Waals surface area contributed by atoms with Gasteiger partial charge in [0, 0.05) is 12.1 Å². The molecule has 4 heteroatoms. The van der Waals surface area contributed by atoms with E-state index in [2.05, 4.69) is 26.1 Å². The van der Waals surface area contributed by atoms with Crippen LogP contribution in [0.1, 0.15) is 48.7 Å². The van der Waals surface area contributed by atoms with Crippen LogP contribution in [-0.4, -0.2) is 18.4 Å². The smallest absolute Gasteiger partial charge is 0.307 e. The van der Waals surface area contributed by atoms with Crippen LogP contribution in [-0.2, 0) is 21.6 Å². The fourth-order valence-electron chi connectivity index (χ4n) is 2.31. The van der Waals surface area contributed by atoms with Gasteiger partial charge in [0.1, 0.15) is 6.61 Å². The molecule has 0 aliphatic carbocycles. The van der Waals surface area contributed by atoms with Crippen molar-refractivity contribution in [2.45, 2.75) is 39.2 Å². The molecule has 1 amide bonds. The molecule has 2 aromatic rings. The zero-order valence-corrected chi connectivity index (χ0v) is 15.0. The second-order valence-corrected chi connectivity index (χ2v) is 6.98. The summed E-state index contributed by atoms with van der Waals surface area (Å²) in [6.07, 6.45) is 0.151. The summed E-state index contributed by atoms with van der Waals surface area (Å²) in [5.74, 6) is -0.511. The number of amides is 1. The van der Waals surface area contributed by atoms with E-state index in [1.54, 1.807) is 0 Å². The number of benzene rings is 2. The van der Waals surface area contributed by atoms with Crippen LogP contribution in [0.25, 0.3) is 0 Å². The van der Waals surface area contributed by atoms with Crippen LogP contribution in [0.2, 0.25) is 0 Å². The standard InChI is InChI=1S/C21H25NO3/c1-21(2,3)18-11-9-17(10-12-18)20(24)22-14-13-19(23)25-15-16-7-5-4-6-8-16/h4-12H,13-15H2,1-3H3,(H,22,24). The Hall–Kier alpha value is -2.62. The molecule has 132 valence electrons.